The lowest BCUT2D eigenvalue weighted by atomic mass is 9.99. The second-order valence-electron chi connectivity index (χ2n) is 15.3. The van der Waals surface area contributed by atoms with E-state index in [2.05, 4.69) is 43.5 Å². The number of ether oxygens (including phenoxy) is 2. The van der Waals surface area contributed by atoms with Crippen LogP contribution in [0.2, 0.25) is 0 Å². The van der Waals surface area contributed by atoms with Crippen LogP contribution in [0.25, 0.3) is 0 Å². The van der Waals surface area contributed by atoms with Gasteiger partial charge in [0.05, 0.1) is 25.4 Å². The van der Waals surface area contributed by atoms with E-state index < -0.39 is 61.5 Å². The summed E-state index contributed by atoms with van der Waals surface area (Å²) in [5, 5.41) is 64.5. The molecule has 1 aliphatic heterocycles. The van der Waals surface area contributed by atoms with Crippen molar-refractivity contribution < 1.29 is 44.9 Å². The molecular formula is C44H81NO9. The Labute approximate surface area is 328 Å². The molecular weight excluding hydrogens is 686 g/mol. The molecule has 0 aromatic rings. The van der Waals surface area contributed by atoms with Crippen molar-refractivity contribution in [2.45, 2.75) is 223 Å². The van der Waals surface area contributed by atoms with Gasteiger partial charge in [-0.05, 0) is 51.9 Å². The monoisotopic (exact) mass is 768 g/mol. The van der Waals surface area contributed by atoms with Gasteiger partial charge in [0, 0.05) is 0 Å². The molecule has 10 nitrogen and oxygen atoms in total. The summed E-state index contributed by atoms with van der Waals surface area (Å²) in [7, 11) is 0. The van der Waals surface area contributed by atoms with Crippen LogP contribution in [0.3, 0.4) is 0 Å². The summed E-state index contributed by atoms with van der Waals surface area (Å²) in [5.74, 6) is -0.629. The molecule has 10 heteroatoms. The average molecular weight is 768 g/mol. The quantitative estimate of drug-likeness (QED) is 0.0256. The summed E-state index contributed by atoms with van der Waals surface area (Å²) in [6.45, 7) is 3.39. The number of unbranched alkanes of at least 4 members (excludes halogenated alkanes) is 21. The molecule has 7 N–H and O–H groups in total. The van der Waals surface area contributed by atoms with Gasteiger partial charge in [-0.15, -0.1) is 0 Å². The molecule has 0 spiro atoms. The molecule has 0 aromatic heterocycles. The Kier molecular flexibility index (Phi) is 32.3. The molecule has 0 aliphatic carbocycles. The van der Waals surface area contributed by atoms with Crippen molar-refractivity contribution in [1.29, 1.82) is 0 Å². The zero-order valence-corrected chi connectivity index (χ0v) is 34.1. The summed E-state index contributed by atoms with van der Waals surface area (Å²) >= 11 is 0. The number of nitrogens with one attached hydrogen (secondary N) is 1. The first kappa shape index (κ1) is 50.4. The van der Waals surface area contributed by atoms with Crippen LogP contribution in [0.5, 0.6) is 0 Å². The smallest absolute Gasteiger partial charge is 0.249 e. The van der Waals surface area contributed by atoms with Crippen LogP contribution < -0.4 is 5.32 Å². The fourth-order valence-electron chi connectivity index (χ4n) is 6.77. The van der Waals surface area contributed by atoms with Crippen LogP contribution in [0.15, 0.2) is 36.5 Å². The molecule has 0 bridgehead atoms. The number of rotatable bonds is 35. The van der Waals surface area contributed by atoms with Gasteiger partial charge < -0.3 is 45.4 Å². The van der Waals surface area contributed by atoms with Crippen molar-refractivity contribution in [2.24, 2.45) is 0 Å². The molecule has 1 rings (SSSR count). The fourth-order valence-corrected chi connectivity index (χ4v) is 6.77. The van der Waals surface area contributed by atoms with Crippen molar-refractivity contribution >= 4 is 5.91 Å². The van der Waals surface area contributed by atoms with Gasteiger partial charge in [0.25, 0.3) is 0 Å². The molecule has 0 aromatic carbocycles. The molecule has 1 heterocycles. The molecule has 316 valence electrons. The van der Waals surface area contributed by atoms with Gasteiger partial charge in [0.15, 0.2) is 6.29 Å². The highest BCUT2D eigenvalue weighted by Crippen LogP contribution is 2.22. The van der Waals surface area contributed by atoms with Gasteiger partial charge in [0.1, 0.15) is 30.5 Å². The van der Waals surface area contributed by atoms with Crippen LogP contribution in [-0.2, 0) is 14.3 Å². The van der Waals surface area contributed by atoms with Crippen molar-refractivity contribution in [3.05, 3.63) is 36.5 Å². The number of amides is 1. The van der Waals surface area contributed by atoms with E-state index in [1.165, 1.54) is 109 Å². The lowest BCUT2D eigenvalue weighted by Crippen LogP contribution is -2.60. The van der Waals surface area contributed by atoms with Gasteiger partial charge >= 0.3 is 0 Å². The lowest BCUT2D eigenvalue weighted by Gasteiger charge is -2.40. The predicted molar refractivity (Wildman–Crippen MR) is 218 cm³/mol. The Bertz CT molecular complexity index is 958. The van der Waals surface area contributed by atoms with Crippen molar-refractivity contribution in [1.82, 2.24) is 5.32 Å². The molecule has 0 saturated carbocycles. The normalized spacial score (nSPS) is 22.4. The van der Waals surface area contributed by atoms with E-state index in [9.17, 15) is 35.4 Å². The molecule has 1 aliphatic rings. The highest BCUT2D eigenvalue weighted by atomic mass is 16.7. The molecule has 8 atom stereocenters. The number of carbonyl (C=O) groups excluding carboxylic acids is 1. The Morgan fingerprint density at radius 3 is 1.72 bits per heavy atom. The maximum atomic E-state index is 13.0. The second kappa shape index (κ2) is 34.6. The van der Waals surface area contributed by atoms with Crippen LogP contribution in [0.4, 0.5) is 0 Å². The van der Waals surface area contributed by atoms with Crippen LogP contribution in [0, 0.1) is 0 Å². The molecule has 1 fully saturated rings. The van der Waals surface area contributed by atoms with Crippen LogP contribution in [-0.4, -0.2) is 98.7 Å². The van der Waals surface area contributed by atoms with E-state index in [1.54, 1.807) is 6.08 Å². The number of hydrogen-bond acceptors (Lipinski definition) is 9. The number of carbonyl (C=O) groups is 1. The summed E-state index contributed by atoms with van der Waals surface area (Å²) in [4.78, 5) is 13.0. The summed E-state index contributed by atoms with van der Waals surface area (Å²) in [6, 6.07) is -0.994. The maximum absolute atomic E-state index is 13.0. The molecule has 0 radical (unpaired) electrons. The van der Waals surface area contributed by atoms with Gasteiger partial charge in [-0.25, -0.2) is 0 Å². The van der Waals surface area contributed by atoms with E-state index >= 15 is 0 Å². The first-order valence-electron chi connectivity index (χ1n) is 21.8. The number of hydrogen-bond donors (Lipinski definition) is 7. The minimum absolute atomic E-state index is 0.304. The van der Waals surface area contributed by atoms with Crippen molar-refractivity contribution in [3.8, 4) is 0 Å². The maximum Gasteiger partial charge on any atom is 0.249 e. The van der Waals surface area contributed by atoms with Gasteiger partial charge in [-0.2, -0.15) is 0 Å². The zero-order chi connectivity index (χ0) is 39.7. The van der Waals surface area contributed by atoms with Gasteiger partial charge in [-0.1, -0.05) is 159 Å². The van der Waals surface area contributed by atoms with E-state index in [-0.39, 0.29) is 6.61 Å². The zero-order valence-electron chi connectivity index (χ0n) is 34.1. The number of aliphatic hydroxyl groups excluding tert-OH is 6. The fraction of sp³-hybridized carbons (Fsp3) is 0.841. The molecule has 1 amide bonds. The summed E-state index contributed by atoms with van der Waals surface area (Å²) in [6.07, 6.45) is 31.0. The SMILES string of the molecule is C/C=C/CCCCCCCCCCCCCCCC(O)C(=O)NC(COC1OC(CO)C(O)C(O)C1O)C(O)/C=C/CC/C=C\CCCCCCCCC. The van der Waals surface area contributed by atoms with Crippen molar-refractivity contribution in [2.75, 3.05) is 13.2 Å². The number of aliphatic hydroxyl groups is 6. The lowest BCUT2D eigenvalue weighted by molar-refractivity contribution is -0.302. The third kappa shape index (κ3) is 24.8. The standard InChI is InChI=1S/C44H81NO9/c1-3-5-7-9-11-13-15-17-18-19-21-23-25-27-29-31-33-38(48)43(52)45-36(35-53-44-42(51)41(50)40(49)39(34-46)54-44)37(47)32-30-28-26-24-22-20-16-14-12-10-8-6-4-2/h3,5,22,24,30,32,36-42,44,46-51H,4,6-21,23,25-29,31,33-35H2,1-2H3,(H,45,52)/b5-3+,24-22-,32-30+. The van der Waals surface area contributed by atoms with E-state index in [4.69, 9.17) is 9.47 Å². The van der Waals surface area contributed by atoms with Crippen LogP contribution >= 0.6 is 0 Å². The van der Waals surface area contributed by atoms with Crippen molar-refractivity contribution in [3.63, 3.8) is 0 Å². The van der Waals surface area contributed by atoms with E-state index in [1.807, 2.05) is 6.08 Å². The molecule has 8 unspecified atom stereocenters. The predicted octanol–water partition coefficient (Wildman–Crippen LogP) is 7.47. The Morgan fingerprint density at radius 2 is 1.17 bits per heavy atom. The first-order chi connectivity index (χ1) is 26.3. The highest BCUT2D eigenvalue weighted by molar-refractivity contribution is 5.80. The Morgan fingerprint density at radius 1 is 0.667 bits per heavy atom. The van der Waals surface area contributed by atoms with E-state index in [0.717, 1.165) is 32.1 Å². The third-order valence-corrected chi connectivity index (χ3v) is 10.4. The average Bonchev–Trinajstić information content (AvgIpc) is 3.17. The summed E-state index contributed by atoms with van der Waals surface area (Å²) in [5.41, 5.74) is 0. The highest BCUT2D eigenvalue weighted by Gasteiger charge is 2.44. The second-order valence-corrected chi connectivity index (χ2v) is 15.3. The Hall–Kier alpha value is -1.63. The number of allylic oxidation sites excluding steroid dienone is 5. The summed E-state index contributed by atoms with van der Waals surface area (Å²) < 4.78 is 11.1. The topological polar surface area (TPSA) is 169 Å². The Balaban J connectivity index is 2.46. The minimum Gasteiger partial charge on any atom is -0.394 e. The minimum atomic E-state index is -1.61. The largest absolute Gasteiger partial charge is 0.394 e. The molecule has 1 saturated heterocycles. The van der Waals surface area contributed by atoms with Gasteiger partial charge in [0.2, 0.25) is 5.91 Å². The molecule has 54 heavy (non-hydrogen) atoms. The third-order valence-electron chi connectivity index (χ3n) is 10.4. The first-order valence-corrected chi connectivity index (χ1v) is 21.8. The van der Waals surface area contributed by atoms with E-state index in [0.29, 0.717) is 19.3 Å². The van der Waals surface area contributed by atoms with Gasteiger partial charge in [-0.3, -0.25) is 4.79 Å². The van der Waals surface area contributed by atoms with Crippen LogP contribution in [0.1, 0.15) is 174 Å².